The number of carbonyl (C=O) groups excluding carboxylic acids is 8. The van der Waals surface area contributed by atoms with Gasteiger partial charge in [0, 0.05) is 63.7 Å². The van der Waals surface area contributed by atoms with Gasteiger partial charge in [-0.3, -0.25) is 47.5 Å². The van der Waals surface area contributed by atoms with Crippen molar-refractivity contribution in [1.82, 2.24) is 39.0 Å². The monoisotopic (exact) mass is 1410 g/mol. The lowest BCUT2D eigenvalue weighted by Gasteiger charge is -2.27. The molecular formula is C69H98F2N10O19. The van der Waals surface area contributed by atoms with Crippen molar-refractivity contribution in [3.63, 3.8) is 0 Å². The summed E-state index contributed by atoms with van der Waals surface area (Å²) in [4.78, 5) is 122. The third-order valence-corrected chi connectivity index (χ3v) is 16.6. The summed E-state index contributed by atoms with van der Waals surface area (Å²) in [5, 5.41) is 10.8. The molecule has 0 unspecified atom stereocenters. The van der Waals surface area contributed by atoms with E-state index >= 15 is 0 Å². The summed E-state index contributed by atoms with van der Waals surface area (Å²) in [6, 6.07) is 0. The second kappa shape index (κ2) is 43.1. The molecule has 0 aromatic carbocycles. The number of carbonyl (C=O) groups is 8. The van der Waals surface area contributed by atoms with Gasteiger partial charge in [0.15, 0.2) is 57.4 Å². The number of fused-ring (bicyclic) bond motifs is 2. The fraction of sp³-hybridized carbons (Fsp3) is 0.681. The van der Waals surface area contributed by atoms with Gasteiger partial charge in [-0.05, 0) is 44.9 Å². The number of imidazole rings is 2. The summed E-state index contributed by atoms with van der Waals surface area (Å²) >= 11 is 0. The Labute approximate surface area is 581 Å². The van der Waals surface area contributed by atoms with E-state index in [1.54, 1.807) is 0 Å². The number of hydrogen-bond donors (Lipinski definition) is 3. The van der Waals surface area contributed by atoms with E-state index in [1.807, 2.05) is 6.92 Å². The van der Waals surface area contributed by atoms with Crippen molar-refractivity contribution in [3.05, 3.63) is 24.8 Å². The number of halogens is 2. The molecule has 2 fully saturated rings. The van der Waals surface area contributed by atoms with Crippen LogP contribution in [0.3, 0.4) is 0 Å². The molecule has 2 aliphatic rings. The lowest BCUT2D eigenvalue weighted by atomic mass is 9.90. The maximum atomic E-state index is 13.9. The van der Waals surface area contributed by atoms with Crippen LogP contribution >= 0.6 is 0 Å². The molecule has 0 aliphatic carbocycles. The van der Waals surface area contributed by atoms with Crippen LogP contribution in [0.5, 0.6) is 0 Å². The Morgan fingerprint density at radius 1 is 0.500 bits per heavy atom. The zero-order chi connectivity index (χ0) is 73.0. The van der Waals surface area contributed by atoms with Gasteiger partial charge in [-0.2, -0.15) is 28.7 Å². The highest BCUT2D eigenvalue weighted by atomic mass is 19.1. The van der Waals surface area contributed by atoms with Gasteiger partial charge in [-0.25, -0.2) is 9.97 Å². The van der Waals surface area contributed by atoms with Gasteiger partial charge in [0.05, 0.1) is 12.7 Å². The first-order valence-electron chi connectivity index (χ1n) is 34.7. The van der Waals surface area contributed by atoms with Crippen molar-refractivity contribution in [2.45, 2.75) is 256 Å². The number of anilines is 2. The van der Waals surface area contributed by atoms with E-state index in [0.29, 0.717) is 32.1 Å². The lowest BCUT2D eigenvalue weighted by molar-refractivity contribution is -0.167. The molecule has 4 aromatic heterocycles. The van der Waals surface area contributed by atoms with Crippen molar-refractivity contribution in [3.8, 4) is 24.7 Å². The van der Waals surface area contributed by atoms with Crippen LogP contribution in [-0.2, 0) is 85.7 Å². The molecule has 0 spiro atoms. The third-order valence-electron chi connectivity index (χ3n) is 16.6. The molecule has 0 amide bonds. The second-order valence-electron chi connectivity index (χ2n) is 24.7. The molecule has 6 rings (SSSR count). The van der Waals surface area contributed by atoms with Crippen LogP contribution in [0, 0.1) is 42.8 Å². The van der Waals surface area contributed by atoms with Crippen LogP contribution in [0.1, 0.15) is 227 Å². The quantitative estimate of drug-likeness (QED) is 0.0122. The summed E-state index contributed by atoms with van der Waals surface area (Å²) in [7, 11) is 0. The molecule has 2 saturated heterocycles. The molecule has 0 radical (unpaired) electrons. The summed E-state index contributed by atoms with van der Waals surface area (Å²) in [6.07, 6.45) is 22.7. The fourth-order valence-electron chi connectivity index (χ4n) is 10.7. The molecular weight excluding hydrogens is 1310 g/mol. The van der Waals surface area contributed by atoms with Crippen molar-refractivity contribution < 1.29 is 99.6 Å². The van der Waals surface area contributed by atoms with Gasteiger partial charge in [0.2, 0.25) is 0 Å². The van der Waals surface area contributed by atoms with Gasteiger partial charge in [0.25, 0.3) is 0 Å². The van der Waals surface area contributed by atoms with Crippen molar-refractivity contribution >= 4 is 81.7 Å². The van der Waals surface area contributed by atoms with Crippen LogP contribution in [0.15, 0.2) is 12.7 Å². The number of nitrogens with zero attached hydrogens (tertiary/aromatic N) is 8. The number of aromatic nitrogens is 8. The number of aliphatic hydroxyl groups excluding tert-OH is 1. The predicted molar refractivity (Wildman–Crippen MR) is 355 cm³/mol. The van der Waals surface area contributed by atoms with Crippen LogP contribution in [0.4, 0.5) is 20.4 Å². The number of aliphatic hydroxyl groups is 1. The maximum absolute atomic E-state index is 13.9. The van der Waals surface area contributed by atoms with Crippen LogP contribution in [0.2, 0.25) is 0 Å². The Kier molecular flexibility index (Phi) is 35.3. The molecule has 0 bridgehead atoms. The fourth-order valence-corrected chi connectivity index (χ4v) is 10.7. The highest BCUT2D eigenvalue weighted by Crippen LogP contribution is 2.43. The van der Waals surface area contributed by atoms with Crippen molar-refractivity contribution in [1.29, 1.82) is 0 Å². The summed E-state index contributed by atoms with van der Waals surface area (Å²) in [5.74, 6) is 0.0444. The van der Waals surface area contributed by atoms with E-state index in [9.17, 15) is 52.2 Å². The van der Waals surface area contributed by atoms with Gasteiger partial charge < -0.3 is 63.9 Å². The van der Waals surface area contributed by atoms with Gasteiger partial charge in [0.1, 0.15) is 58.2 Å². The first-order chi connectivity index (χ1) is 48.0. The number of esters is 8. The molecule has 2 aliphatic heterocycles. The van der Waals surface area contributed by atoms with Crippen molar-refractivity contribution in [2.75, 3.05) is 51.1 Å². The molecule has 31 heteroatoms. The normalized spacial score (nSPS) is 18.6. The SMILES string of the molecule is C#C[C@]1(COC(=O)CCCC(=O)OC(COC(=O)CCCCCC)COC(=O)CCCCCC)O[C@@H](n2cnc3c(N)nc(F)nc32)C[C@@H]1C.C#C[C@]1(COC(=O)CCCC(=O)OC(COC(=O)CCCCCC)COC(=O)CCCCCC)O[C@@H](n2cnc3c(N)nc(F)nc32)C[C@@H]1O. The average Bonchev–Trinajstić information content (AvgIpc) is 1.62. The number of nitrogens with two attached hydrogens (primary N) is 2. The Bertz CT molecular complexity index is 3120. The molecule has 6 heterocycles. The minimum atomic E-state index is -1.72. The third kappa shape index (κ3) is 26.8. The molecule has 4 aromatic rings. The number of rotatable bonds is 44. The standard InChI is InChI=1S/C35H50FN5O9.C34H48FN5O10/c1-5-8-10-12-15-27(42)46-20-25(21-47-28(43)16-13-11-9-6-2)49-30(45)18-14-17-29(44)48-22-35(7-3)24(4)19-26(50-35)41-23-38-31-32(37)39-34(36)40-33(31)41;1-4-7-9-11-14-26(42)46-19-23(20-47-27(43)15-12-10-8-5-2)49-29(45)17-13-16-28(44)48-21-34(6-3)24(41)18-25(50-34)40-22-37-30-31(36)38-33(35)39-32(30)40/h3,23-26H,5-6,8-22H2,1-2,4H3,(H2,37,39,40);3,22-25,41H,4-5,7-21H2,1-2H3,(H2,36,38,39)/t24-,26+,35+;24-,25+,34+/m00/s1. The Morgan fingerprint density at radius 2 is 0.820 bits per heavy atom. The Morgan fingerprint density at radius 3 is 1.18 bits per heavy atom. The highest BCUT2D eigenvalue weighted by molar-refractivity contribution is 5.82. The van der Waals surface area contributed by atoms with Crippen LogP contribution in [0.25, 0.3) is 22.3 Å². The number of terminal acetylenes is 2. The summed E-state index contributed by atoms with van der Waals surface area (Å²) < 4.78 is 85.4. The first-order valence-corrected chi connectivity index (χ1v) is 34.7. The zero-order valence-corrected chi connectivity index (χ0v) is 58.1. The van der Waals surface area contributed by atoms with Gasteiger partial charge in [-0.1, -0.05) is 124 Å². The van der Waals surface area contributed by atoms with Crippen LogP contribution < -0.4 is 11.5 Å². The summed E-state index contributed by atoms with van der Waals surface area (Å²) in [6.45, 7) is 8.33. The number of unbranched alkanes of at least 4 members (excludes halogenated alkanes) is 12. The van der Waals surface area contributed by atoms with E-state index < -0.39 is 108 Å². The zero-order valence-electron chi connectivity index (χ0n) is 58.1. The Hall–Kier alpha value is -8.68. The summed E-state index contributed by atoms with van der Waals surface area (Å²) in [5.41, 5.74) is 9.03. The number of nitrogen functional groups attached to an aromatic ring is 2. The van der Waals surface area contributed by atoms with Crippen molar-refractivity contribution in [2.24, 2.45) is 5.92 Å². The van der Waals surface area contributed by atoms with E-state index in [-0.39, 0.29) is 144 Å². The van der Waals surface area contributed by atoms with Gasteiger partial charge in [-0.15, -0.1) is 12.8 Å². The largest absolute Gasteiger partial charge is 0.462 e. The predicted octanol–water partition coefficient (Wildman–Crippen LogP) is 8.98. The molecule has 29 nitrogen and oxygen atoms in total. The average molecular weight is 1410 g/mol. The Balaban J connectivity index is 0.000000361. The van der Waals surface area contributed by atoms with Gasteiger partial charge >= 0.3 is 59.9 Å². The minimum Gasteiger partial charge on any atom is -0.462 e. The molecule has 0 saturated carbocycles. The molecule has 100 heavy (non-hydrogen) atoms. The number of ether oxygens (including phenoxy) is 10. The van der Waals surface area contributed by atoms with Crippen LogP contribution in [-0.4, -0.2) is 161 Å². The topological polar surface area (TPSA) is 388 Å². The molecule has 552 valence electrons. The molecule has 6 atom stereocenters. The lowest BCUT2D eigenvalue weighted by Crippen LogP contribution is -2.43. The smallest absolute Gasteiger partial charge is 0.312 e. The maximum Gasteiger partial charge on any atom is 0.312 e. The highest BCUT2D eigenvalue weighted by Gasteiger charge is 2.50. The molecule has 5 N–H and O–H groups in total. The number of hydrogen-bond acceptors (Lipinski definition) is 27. The second-order valence-corrected chi connectivity index (χ2v) is 24.7. The van der Waals surface area contributed by atoms with E-state index in [1.165, 1.54) is 21.8 Å². The minimum absolute atomic E-state index is 0.0345. The van der Waals surface area contributed by atoms with E-state index in [2.05, 4.69) is 69.4 Å². The van der Waals surface area contributed by atoms with E-state index in [4.69, 9.17) is 71.7 Å². The first kappa shape index (κ1) is 82.0. The van der Waals surface area contributed by atoms with E-state index in [0.717, 1.165) is 77.0 Å².